The minimum Gasteiger partial charge on any atom is -0.467 e. The average molecular weight is 325 g/mol. The number of nitrogens with zero attached hydrogens (tertiary/aromatic N) is 1. The molecule has 2 saturated heterocycles. The number of rotatable bonds is 3. The summed E-state index contributed by atoms with van der Waals surface area (Å²) in [5, 5.41) is 0. The molecule has 3 heterocycles. The minimum absolute atomic E-state index is 0.00994. The first-order chi connectivity index (χ1) is 10.4. The van der Waals surface area contributed by atoms with Gasteiger partial charge in [0.15, 0.2) is 9.84 Å². The molecule has 1 aromatic heterocycles. The van der Waals surface area contributed by atoms with Gasteiger partial charge in [0.25, 0.3) is 0 Å². The van der Waals surface area contributed by atoms with Crippen LogP contribution in [0.4, 0.5) is 0 Å². The third-order valence-electron chi connectivity index (χ3n) is 4.85. The number of amides is 1. The van der Waals surface area contributed by atoms with Gasteiger partial charge in [-0.25, -0.2) is 8.42 Å². The molecular formula is C16H23NO4S. The number of furan rings is 1. The molecule has 2 fully saturated rings. The maximum Gasteiger partial charge on any atom is 0.223 e. The molecule has 2 aliphatic heterocycles. The molecule has 0 spiro atoms. The van der Waals surface area contributed by atoms with E-state index >= 15 is 0 Å². The molecule has 0 unspecified atom stereocenters. The Balaban J connectivity index is 1.70. The van der Waals surface area contributed by atoms with Gasteiger partial charge in [-0.1, -0.05) is 6.92 Å². The predicted molar refractivity (Wildman–Crippen MR) is 82.9 cm³/mol. The van der Waals surface area contributed by atoms with Crippen LogP contribution in [0.1, 0.15) is 44.4 Å². The van der Waals surface area contributed by atoms with Crippen molar-refractivity contribution in [2.45, 2.75) is 38.6 Å². The van der Waals surface area contributed by atoms with Gasteiger partial charge in [-0.15, -0.1) is 0 Å². The predicted octanol–water partition coefficient (Wildman–Crippen LogP) is 2.40. The van der Waals surface area contributed by atoms with Crippen LogP contribution in [-0.4, -0.2) is 37.3 Å². The number of sulfone groups is 1. The molecule has 22 heavy (non-hydrogen) atoms. The monoisotopic (exact) mass is 325 g/mol. The lowest BCUT2D eigenvalue weighted by Gasteiger charge is -2.38. The summed E-state index contributed by atoms with van der Waals surface area (Å²) in [7, 11) is -2.93. The summed E-state index contributed by atoms with van der Waals surface area (Å²) in [5.74, 6) is 1.83. The highest BCUT2D eigenvalue weighted by molar-refractivity contribution is 7.91. The fourth-order valence-electron chi connectivity index (χ4n) is 3.59. The quantitative estimate of drug-likeness (QED) is 0.856. The van der Waals surface area contributed by atoms with E-state index in [1.54, 1.807) is 6.26 Å². The van der Waals surface area contributed by atoms with Crippen LogP contribution >= 0.6 is 0 Å². The first kappa shape index (κ1) is 15.6. The van der Waals surface area contributed by atoms with Gasteiger partial charge in [0.05, 0.1) is 23.8 Å². The number of piperidine rings is 1. The molecule has 3 atom stereocenters. The van der Waals surface area contributed by atoms with E-state index in [9.17, 15) is 13.2 Å². The van der Waals surface area contributed by atoms with Gasteiger partial charge >= 0.3 is 0 Å². The lowest BCUT2D eigenvalue weighted by atomic mass is 9.90. The molecule has 0 N–H and O–H groups in total. The van der Waals surface area contributed by atoms with Crippen molar-refractivity contribution in [1.82, 2.24) is 4.90 Å². The SMILES string of the molecule is C[C@@H]1CCN(C(=O)C[C@@H]2CCS(=O)(=O)C2)[C@H](c2ccco2)C1. The maximum atomic E-state index is 12.7. The summed E-state index contributed by atoms with van der Waals surface area (Å²) in [5.41, 5.74) is 0. The molecular weight excluding hydrogens is 302 g/mol. The van der Waals surface area contributed by atoms with Crippen LogP contribution in [0, 0.1) is 11.8 Å². The molecule has 0 aromatic carbocycles. The maximum absolute atomic E-state index is 12.7. The molecule has 0 bridgehead atoms. The second kappa shape index (κ2) is 6.07. The summed E-state index contributed by atoms with van der Waals surface area (Å²) in [6.07, 6.45) is 4.49. The summed E-state index contributed by atoms with van der Waals surface area (Å²) < 4.78 is 28.6. The summed E-state index contributed by atoms with van der Waals surface area (Å²) >= 11 is 0. The first-order valence-corrected chi connectivity index (χ1v) is 9.80. The van der Waals surface area contributed by atoms with Crippen molar-refractivity contribution >= 4 is 15.7 Å². The van der Waals surface area contributed by atoms with E-state index in [4.69, 9.17) is 4.42 Å². The molecule has 3 rings (SSSR count). The van der Waals surface area contributed by atoms with Crippen molar-refractivity contribution in [3.05, 3.63) is 24.2 Å². The minimum atomic E-state index is -2.93. The Labute approximate surface area is 131 Å². The molecule has 6 heteroatoms. The van der Waals surface area contributed by atoms with E-state index in [0.29, 0.717) is 18.8 Å². The van der Waals surface area contributed by atoms with Crippen LogP contribution in [0.25, 0.3) is 0 Å². The summed E-state index contributed by atoms with van der Waals surface area (Å²) in [4.78, 5) is 14.6. The molecule has 2 aliphatic rings. The van der Waals surface area contributed by atoms with Gasteiger partial charge in [-0.05, 0) is 43.2 Å². The van der Waals surface area contributed by atoms with Gasteiger partial charge in [-0.2, -0.15) is 0 Å². The van der Waals surface area contributed by atoms with Gasteiger partial charge in [0.1, 0.15) is 5.76 Å². The standard InChI is InChI=1S/C16H23NO4S/c1-12-4-6-17(14(9-12)15-3-2-7-21-15)16(18)10-13-5-8-22(19,20)11-13/h2-3,7,12-14H,4-6,8-11H2,1H3/t12-,13+,14+/m1/s1. The van der Waals surface area contributed by atoms with Crippen molar-refractivity contribution in [3.8, 4) is 0 Å². The third-order valence-corrected chi connectivity index (χ3v) is 6.68. The fraction of sp³-hybridized carbons (Fsp3) is 0.688. The van der Waals surface area contributed by atoms with Crippen molar-refractivity contribution < 1.29 is 17.6 Å². The van der Waals surface area contributed by atoms with Crippen LogP contribution in [0.3, 0.4) is 0 Å². The highest BCUT2D eigenvalue weighted by atomic mass is 32.2. The largest absolute Gasteiger partial charge is 0.467 e. The summed E-state index contributed by atoms with van der Waals surface area (Å²) in [6, 6.07) is 3.76. The highest BCUT2D eigenvalue weighted by Gasteiger charge is 2.35. The van der Waals surface area contributed by atoms with Crippen LogP contribution in [-0.2, 0) is 14.6 Å². The smallest absolute Gasteiger partial charge is 0.223 e. The second-order valence-electron chi connectivity index (χ2n) is 6.72. The van der Waals surface area contributed by atoms with E-state index in [1.807, 2.05) is 17.0 Å². The highest BCUT2D eigenvalue weighted by Crippen LogP contribution is 2.35. The van der Waals surface area contributed by atoms with Crippen LogP contribution in [0.15, 0.2) is 22.8 Å². The first-order valence-electron chi connectivity index (χ1n) is 7.98. The van der Waals surface area contributed by atoms with Crippen molar-refractivity contribution in [2.24, 2.45) is 11.8 Å². The number of carbonyl (C=O) groups excluding carboxylic acids is 1. The van der Waals surface area contributed by atoms with E-state index in [-0.39, 0.29) is 29.4 Å². The van der Waals surface area contributed by atoms with E-state index in [1.165, 1.54) is 0 Å². The van der Waals surface area contributed by atoms with Crippen LogP contribution < -0.4 is 0 Å². The number of hydrogen-bond acceptors (Lipinski definition) is 4. The van der Waals surface area contributed by atoms with Gasteiger partial charge in [0, 0.05) is 13.0 Å². The van der Waals surface area contributed by atoms with Gasteiger partial charge < -0.3 is 9.32 Å². The van der Waals surface area contributed by atoms with Crippen LogP contribution in [0.5, 0.6) is 0 Å². The fourth-order valence-corrected chi connectivity index (χ4v) is 5.45. The van der Waals surface area contributed by atoms with E-state index in [2.05, 4.69) is 6.92 Å². The zero-order valence-electron chi connectivity index (χ0n) is 12.9. The Morgan fingerprint density at radius 3 is 2.86 bits per heavy atom. The molecule has 0 radical (unpaired) electrons. The Kier molecular flexibility index (Phi) is 4.30. The van der Waals surface area contributed by atoms with Crippen LogP contribution in [0.2, 0.25) is 0 Å². The number of likely N-dealkylation sites (tertiary alicyclic amines) is 1. The Hall–Kier alpha value is -1.30. The van der Waals surface area contributed by atoms with Gasteiger partial charge in [0.2, 0.25) is 5.91 Å². The normalized spacial score (nSPS) is 31.3. The Morgan fingerprint density at radius 1 is 1.41 bits per heavy atom. The number of carbonyl (C=O) groups is 1. The van der Waals surface area contributed by atoms with Gasteiger partial charge in [-0.3, -0.25) is 4.79 Å². The van der Waals surface area contributed by atoms with Crippen molar-refractivity contribution in [3.63, 3.8) is 0 Å². The average Bonchev–Trinajstić information content (AvgIpc) is 3.08. The topological polar surface area (TPSA) is 67.6 Å². The van der Waals surface area contributed by atoms with Crippen molar-refractivity contribution in [2.75, 3.05) is 18.1 Å². The number of hydrogen-bond donors (Lipinski definition) is 0. The van der Waals surface area contributed by atoms with E-state index in [0.717, 1.165) is 25.1 Å². The molecule has 1 amide bonds. The molecule has 0 aliphatic carbocycles. The van der Waals surface area contributed by atoms with E-state index < -0.39 is 9.84 Å². The van der Waals surface area contributed by atoms with Crippen molar-refractivity contribution in [1.29, 1.82) is 0 Å². The molecule has 122 valence electrons. The zero-order valence-corrected chi connectivity index (χ0v) is 13.7. The molecule has 1 aromatic rings. The zero-order chi connectivity index (χ0) is 15.7. The third kappa shape index (κ3) is 3.37. The second-order valence-corrected chi connectivity index (χ2v) is 8.95. The lowest BCUT2D eigenvalue weighted by molar-refractivity contribution is -0.137. The molecule has 5 nitrogen and oxygen atoms in total. The Morgan fingerprint density at radius 2 is 2.23 bits per heavy atom. The lowest BCUT2D eigenvalue weighted by Crippen LogP contribution is -2.41. The summed E-state index contributed by atoms with van der Waals surface area (Å²) in [6.45, 7) is 2.92. The molecule has 0 saturated carbocycles. The Bertz CT molecular complexity index is 623.